The third-order valence-corrected chi connectivity index (χ3v) is 9.76. The average molecular weight is 751 g/mol. The molecule has 290 valence electrons. The molecule has 3 aromatic carbocycles. The van der Waals surface area contributed by atoms with E-state index in [0.29, 0.717) is 22.5 Å². The van der Waals surface area contributed by atoms with Gasteiger partial charge in [0.15, 0.2) is 24.5 Å². The molecule has 1 fully saturated rings. The van der Waals surface area contributed by atoms with Gasteiger partial charge in [0.05, 0.1) is 33.7 Å². The fourth-order valence-corrected chi connectivity index (χ4v) is 6.68. The Morgan fingerprint density at radius 1 is 0.582 bits per heavy atom. The minimum Gasteiger partial charge on any atom is -0.455 e. The zero-order valence-electron chi connectivity index (χ0n) is 33.2. The van der Waals surface area contributed by atoms with Gasteiger partial charge in [-0.15, -0.1) is 0 Å². The highest BCUT2D eigenvalue weighted by molar-refractivity contribution is 6.28. The van der Waals surface area contributed by atoms with E-state index in [1.807, 2.05) is 47.4 Å². The predicted molar refractivity (Wildman–Crippen MR) is 206 cm³/mol. The molecule has 6 rings (SSSR count). The van der Waals surface area contributed by atoms with Crippen LogP contribution in [0.1, 0.15) is 95.5 Å². The summed E-state index contributed by atoms with van der Waals surface area (Å²) in [5, 5.41) is 0. The summed E-state index contributed by atoms with van der Waals surface area (Å²) in [6.07, 6.45) is -6.35. The molecule has 3 heterocycles. The first kappa shape index (κ1) is 39.4. The molecule has 11 nitrogen and oxygen atoms in total. The number of carbonyl (C=O) groups is 5. The zero-order chi connectivity index (χ0) is 40.2. The van der Waals surface area contributed by atoms with Crippen molar-refractivity contribution in [3.8, 4) is 0 Å². The highest BCUT2D eigenvalue weighted by atomic mass is 16.7. The number of ketones is 2. The fourth-order valence-electron chi connectivity index (χ4n) is 6.68. The Morgan fingerprint density at radius 2 is 1.02 bits per heavy atom. The number of hydrogen-bond donors (Lipinski definition) is 0. The zero-order valence-corrected chi connectivity index (χ0v) is 33.2. The van der Waals surface area contributed by atoms with Gasteiger partial charge < -0.3 is 28.7 Å². The van der Waals surface area contributed by atoms with Crippen molar-refractivity contribution in [2.24, 2.45) is 16.2 Å². The van der Waals surface area contributed by atoms with E-state index in [9.17, 15) is 24.0 Å². The number of anilines is 2. The van der Waals surface area contributed by atoms with Gasteiger partial charge in [0.2, 0.25) is 11.6 Å². The number of esters is 3. The number of rotatable bonds is 6. The molecule has 0 unspecified atom stereocenters. The van der Waals surface area contributed by atoms with E-state index in [1.54, 1.807) is 111 Å². The molecule has 11 heteroatoms. The van der Waals surface area contributed by atoms with E-state index >= 15 is 0 Å². The van der Waals surface area contributed by atoms with E-state index in [0.717, 1.165) is 5.56 Å². The number of carbonyl (C=O) groups excluding carboxylic acids is 5. The summed E-state index contributed by atoms with van der Waals surface area (Å²) in [6.45, 7) is 17.1. The Balaban J connectivity index is 1.59. The lowest BCUT2D eigenvalue weighted by Crippen LogP contribution is -2.65. The Morgan fingerprint density at radius 3 is 1.56 bits per heavy atom. The third kappa shape index (κ3) is 7.54. The van der Waals surface area contributed by atoms with Gasteiger partial charge in [0.1, 0.15) is 11.4 Å². The van der Waals surface area contributed by atoms with E-state index < -0.39 is 70.6 Å². The maximum atomic E-state index is 14.8. The average Bonchev–Trinajstić information content (AvgIpc) is 3.55. The standard InChI is InChI=1S/C44H50N2O9/c1-25-35(53-39(49)42(2,3)4)36(54-40(50)43(5,6)7)37(55-41(51)44(8,9)10)38(52-25)46-30-23-17-15-21-28(30)34(48)32(46)31-33(47)27-20-14-16-22-29(27)45(31)24-26-18-12-11-13-19-26/h11-23,25,35-38H,24H2,1-10H3/b32-31+/t25-,35-,36+,37+,38+/m0/s1. The first-order chi connectivity index (χ1) is 25.7. The molecule has 1 saturated heterocycles. The number of Topliss-reactive ketones (excluding diaryl/α,β-unsaturated/α-hetero) is 2. The summed E-state index contributed by atoms with van der Waals surface area (Å²) in [5.74, 6) is -2.68. The van der Waals surface area contributed by atoms with Crippen LogP contribution in [-0.4, -0.2) is 60.1 Å². The van der Waals surface area contributed by atoms with Crippen LogP contribution in [0.4, 0.5) is 11.4 Å². The molecular weight excluding hydrogens is 700 g/mol. The van der Waals surface area contributed by atoms with E-state index in [1.165, 1.54) is 0 Å². The molecule has 0 spiro atoms. The monoisotopic (exact) mass is 750 g/mol. The highest BCUT2D eigenvalue weighted by Crippen LogP contribution is 2.47. The van der Waals surface area contributed by atoms with Crippen LogP contribution in [0, 0.1) is 16.2 Å². The minimum atomic E-state index is -1.46. The molecule has 5 atom stereocenters. The Bertz CT molecular complexity index is 2050. The minimum absolute atomic E-state index is 0.0124. The summed E-state index contributed by atoms with van der Waals surface area (Å²) in [5.41, 5.74) is -0.190. The van der Waals surface area contributed by atoms with Crippen molar-refractivity contribution in [2.75, 3.05) is 9.80 Å². The van der Waals surface area contributed by atoms with Crippen molar-refractivity contribution >= 4 is 40.8 Å². The number of fused-ring (bicyclic) bond motifs is 2. The smallest absolute Gasteiger partial charge is 0.311 e. The SMILES string of the molecule is C[C@@H]1O[C@@H](N2/C(=C3\C(=O)c4ccccc4N3Cc3ccccc3)C(=O)c3ccccc32)[C@H](OC(=O)C(C)(C)C)[C@H](OC(=O)C(C)(C)C)[C@H]1OC(=O)C(C)(C)C. The van der Waals surface area contributed by atoms with Crippen LogP contribution in [0.25, 0.3) is 0 Å². The summed E-state index contributed by atoms with van der Waals surface area (Å²) >= 11 is 0. The van der Waals surface area contributed by atoms with Crippen LogP contribution in [0.15, 0.2) is 90.3 Å². The Hall–Kier alpha value is -5.29. The molecule has 0 saturated carbocycles. The normalized spacial score (nSPS) is 24.0. The molecule has 0 aliphatic carbocycles. The van der Waals surface area contributed by atoms with Crippen LogP contribution in [0.3, 0.4) is 0 Å². The first-order valence-corrected chi connectivity index (χ1v) is 18.6. The van der Waals surface area contributed by atoms with Gasteiger partial charge in [-0.25, -0.2) is 0 Å². The third-order valence-electron chi connectivity index (χ3n) is 9.76. The number of benzene rings is 3. The first-order valence-electron chi connectivity index (χ1n) is 18.6. The molecule has 0 aromatic heterocycles. The number of para-hydroxylation sites is 2. The van der Waals surface area contributed by atoms with Crippen LogP contribution < -0.4 is 9.80 Å². The molecule has 55 heavy (non-hydrogen) atoms. The topological polar surface area (TPSA) is 129 Å². The van der Waals surface area contributed by atoms with Gasteiger partial charge in [0, 0.05) is 17.7 Å². The van der Waals surface area contributed by atoms with Crippen LogP contribution in [0.5, 0.6) is 0 Å². The van der Waals surface area contributed by atoms with Crippen molar-refractivity contribution in [3.63, 3.8) is 0 Å². The number of hydrogen-bond acceptors (Lipinski definition) is 11. The second-order valence-electron chi connectivity index (χ2n) is 17.4. The molecule has 0 bridgehead atoms. The summed E-state index contributed by atoms with van der Waals surface area (Å²) in [7, 11) is 0. The van der Waals surface area contributed by atoms with Crippen molar-refractivity contribution in [1.82, 2.24) is 0 Å². The quantitative estimate of drug-likeness (QED) is 0.142. The van der Waals surface area contributed by atoms with Gasteiger partial charge in [0.25, 0.3) is 0 Å². The van der Waals surface area contributed by atoms with E-state index in [2.05, 4.69) is 0 Å². The maximum absolute atomic E-state index is 14.8. The lowest BCUT2D eigenvalue weighted by atomic mass is 9.92. The van der Waals surface area contributed by atoms with Crippen LogP contribution in [0.2, 0.25) is 0 Å². The predicted octanol–water partition coefficient (Wildman–Crippen LogP) is 7.42. The molecular formula is C44H50N2O9. The molecule has 0 amide bonds. The van der Waals surface area contributed by atoms with Crippen molar-refractivity contribution in [2.45, 2.75) is 106 Å². The number of nitrogens with zero attached hydrogens (tertiary/aromatic N) is 2. The van der Waals surface area contributed by atoms with Gasteiger partial charge in [-0.05, 0) is 99.1 Å². The van der Waals surface area contributed by atoms with Crippen molar-refractivity contribution in [1.29, 1.82) is 0 Å². The second kappa shape index (κ2) is 14.4. The Labute approximate surface area is 322 Å². The highest BCUT2D eigenvalue weighted by Gasteiger charge is 2.57. The van der Waals surface area contributed by atoms with Crippen molar-refractivity contribution < 1.29 is 42.9 Å². The second-order valence-corrected chi connectivity index (χ2v) is 17.4. The van der Waals surface area contributed by atoms with Gasteiger partial charge >= 0.3 is 17.9 Å². The molecule has 3 aliphatic heterocycles. The van der Waals surface area contributed by atoms with Gasteiger partial charge in [-0.1, -0.05) is 54.6 Å². The molecule has 3 aliphatic rings. The lowest BCUT2D eigenvalue weighted by Gasteiger charge is -2.48. The van der Waals surface area contributed by atoms with Gasteiger partial charge in [-0.3, -0.25) is 24.0 Å². The van der Waals surface area contributed by atoms with Crippen molar-refractivity contribution in [3.05, 3.63) is 107 Å². The largest absolute Gasteiger partial charge is 0.455 e. The fraction of sp³-hybridized carbons (Fsp3) is 0.432. The van der Waals surface area contributed by atoms with Crippen LogP contribution in [-0.2, 0) is 39.9 Å². The maximum Gasteiger partial charge on any atom is 0.311 e. The summed E-state index contributed by atoms with van der Waals surface area (Å²) in [4.78, 5) is 74.0. The Kier molecular flexibility index (Phi) is 10.3. The van der Waals surface area contributed by atoms with E-state index in [-0.39, 0.29) is 23.7 Å². The van der Waals surface area contributed by atoms with Gasteiger partial charge in [-0.2, -0.15) is 0 Å². The van der Waals surface area contributed by atoms with Crippen LogP contribution >= 0.6 is 0 Å². The molecule has 0 radical (unpaired) electrons. The summed E-state index contributed by atoms with van der Waals surface area (Å²) in [6, 6.07) is 23.7. The number of ether oxygens (including phenoxy) is 4. The lowest BCUT2D eigenvalue weighted by molar-refractivity contribution is -0.250. The molecule has 3 aromatic rings. The molecule has 0 N–H and O–H groups in total. The number of allylic oxidation sites excluding steroid dienone is 2. The summed E-state index contributed by atoms with van der Waals surface area (Å²) < 4.78 is 25.4. The van der Waals surface area contributed by atoms with E-state index in [4.69, 9.17) is 18.9 Å².